The van der Waals surface area contributed by atoms with E-state index < -0.39 is 0 Å². The molecule has 5 rings (SSSR count). The van der Waals surface area contributed by atoms with Crippen LogP contribution >= 0.6 is 0 Å². The molecule has 0 amide bonds. The summed E-state index contributed by atoms with van der Waals surface area (Å²) < 4.78 is 16.8. The molecule has 8 heteroatoms. The molecule has 0 bridgehead atoms. The molecule has 3 aromatic heterocycles. The van der Waals surface area contributed by atoms with Crippen molar-refractivity contribution in [1.29, 1.82) is 0 Å². The highest BCUT2D eigenvalue weighted by molar-refractivity contribution is 6.02. The third kappa shape index (κ3) is 3.44. The first-order valence-corrected chi connectivity index (χ1v) is 10.1. The van der Waals surface area contributed by atoms with E-state index in [-0.39, 0.29) is 0 Å². The fourth-order valence-electron chi connectivity index (χ4n) is 4.00. The van der Waals surface area contributed by atoms with E-state index in [4.69, 9.17) is 19.2 Å². The van der Waals surface area contributed by atoms with E-state index in [9.17, 15) is 0 Å². The van der Waals surface area contributed by atoms with Gasteiger partial charge in [-0.2, -0.15) is 5.10 Å². The van der Waals surface area contributed by atoms with E-state index in [1.54, 1.807) is 26.6 Å². The van der Waals surface area contributed by atoms with Crippen molar-refractivity contribution in [3.63, 3.8) is 0 Å². The predicted octanol–water partition coefficient (Wildman–Crippen LogP) is 3.54. The summed E-state index contributed by atoms with van der Waals surface area (Å²) in [6.45, 7) is 2.93. The number of para-hydroxylation sites is 1. The average Bonchev–Trinajstić information content (AvgIpc) is 3.37. The Hall–Kier alpha value is -3.65. The van der Waals surface area contributed by atoms with E-state index in [0.29, 0.717) is 24.7 Å². The molecule has 0 spiro atoms. The van der Waals surface area contributed by atoms with E-state index in [1.165, 1.54) is 0 Å². The first kappa shape index (κ1) is 19.3. The van der Waals surface area contributed by atoms with Crippen LogP contribution in [0.5, 0.6) is 11.5 Å². The van der Waals surface area contributed by atoms with Gasteiger partial charge in [-0.05, 0) is 29.8 Å². The second kappa shape index (κ2) is 8.23. The number of nitrogens with one attached hydrogen (secondary N) is 1. The molecule has 8 nitrogen and oxygen atoms in total. The van der Waals surface area contributed by atoms with Crippen molar-refractivity contribution in [1.82, 2.24) is 20.2 Å². The van der Waals surface area contributed by atoms with Crippen LogP contribution in [-0.4, -0.2) is 60.7 Å². The molecule has 0 unspecified atom stereocenters. The van der Waals surface area contributed by atoms with Crippen LogP contribution in [-0.2, 0) is 4.74 Å². The maximum absolute atomic E-state index is 5.75. The van der Waals surface area contributed by atoms with Crippen LogP contribution in [0.2, 0.25) is 0 Å². The predicted molar refractivity (Wildman–Crippen MR) is 119 cm³/mol. The molecule has 4 aromatic rings. The molecule has 0 saturated carbocycles. The molecule has 31 heavy (non-hydrogen) atoms. The summed E-state index contributed by atoms with van der Waals surface area (Å²) in [6.07, 6.45) is 3.51. The molecule has 0 atom stereocenters. The number of nitrogens with zero attached hydrogens (tertiary/aromatic N) is 4. The Labute approximate surface area is 179 Å². The number of methoxy groups -OCH3 is 2. The number of ether oxygens (including phenoxy) is 3. The molecular formula is C23H23N5O3. The summed E-state index contributed by atoms with van der Waals surface area (Å²) in [7, 11) is 3.30. The van der Waals surface area contributed by atoms with Gasteiger partial charge in [-0.15, -0.1) is 0 Å². The maximum Gasteiger partial charge on any atom is 0.168 e. The zero-order valence-corrected chi connectivity index (χ0v) is 17.5. The van der Waals surface area contributed by atoms with Gasteiger partial charge in [0.2, 0.25) is 0 Å². The largest absolute Gasteiger partial charge is 0.493 e. The van der Waals surface area contributed by atoms with E-state index >= 15 is 0 Å². The second-order valence-electron chi connectivity index (χ2n) is 7.19. The number of benzene rings is 1. The maximum atomic E-state index is 5.75. The molecule has 0 radical (unpaired) electrons. The van der Waals surface area contributed by atoms with Gasteiger partial charge in [-0.1, -0.05) is 12.1 Å². The Kier molecular flexibility index (Phi) is 5.13. The first-order valence-electron chi connectivity index (χ1n) is 10.1. The lowest BCUT2D eigenvalue weighted by atomic mass is 9.99. The number of anilines is 1. The van der Waals surface area contributed by atoms with Crippen molar-refractivity contribution < 1.29 is 14.2 Å². The van der Waals surface area contributed by atoms with Crippen LogP contribution in [0.1, 0.15) is 0 Å². The van der Waals surface area contributed by atoms with E-state index in [0.717, 1.165) is 52.3 Å². The molecule has 0 aliphatic carbocycles. The molecule has 1 N–H and O–H groups in total. The average molecular weight is 417 g/mol. The van der Waals surface area contributed by atoms with Crippen LogP contribution in [0.15, 0.2) is 48.8 Å². The smallest absolute Gasteiger partial charge is 0.168 e. The van der Waals surface area contributed by atoms with Gasteiger partial charge in [0.05, 0.1) is 33.1 Å². The Bertz CT molecular complexity index is 1200. The standard InChI is InChI=1S/C23H23N5O3/c1-29-19-5-3-4-16(23(19)30-2)17-14-20(28-10-12-31-13-11-28)26-21-15(17)6-8-24-22(21)18-7-9-25-27-18/h3-9,14H,10-13H2,1-2H3,(H,25,27). The first-order chi connectivity index (χ1) is 15.3. The van der Waals surface area contributed by atoms with Crippen LogP contribution in [0.4, 0.5) is 5.82 Å². The number of aromatic amines is 1. The third-order valence-corrected chi connectivity index (χ3v) is 5.50. The molecule has 1 fully saturated rings. The molecule has 1 aromatic carbocycles. The van der Waals surface area contributed by atoms with Gasteiger partial charge in [-0.25, -0.2) is 4.98 Å². The molecule has 4 heterocycles. The number of morpholine rings is 1. The summed E-state index contributed by atoms with van der Waals surface area (Å²) in [6, 6.07) is 11.9. The van der Waals surface area contributed by atoms with Crippen molar-refractivity contribution in [3.05, 3.63) is 48.8 Å². The number of aromatic nitrogens is 4. The molecule has 1 aliphatic rings. The minimum absolute atomic E-state index is 0.679. The Morgan fingerprint density at radius 1 is 1.00 bits per heavy atom. The Balaban J connectivity index is 1.80. The zero-order chi connectivity index (χ0) is 21.2. The number of H-pyrrole nitrogens is 1. The van der Waals surface area contributed by atoms with Gasteiger partial charge in [-0.3, -0.25) is 10.1 Å². The quantitative estimate of drug-likeness (QED) is 0.532. The van der Waals surface area contributed by atoms with E-state index in [2.05, 4.69) is 26.1 Å². The normalized spacial score (nSPS) is 14.1. The van der Waals surface area contributed by atoms with Gasteiger partial charge in [0.25, 0.3) is 0 Å². The highest BCUT2D eigenvalue weighted by Crippen LogP contribution is 2.42. The fourth-order valence-corrected chi connectivity index (χ4v) is 4.00. The van der Waals surface area contributed by atoms with Gasteiger partial charge in [0, 0.05) is 36.4 Å². The highest BCUT2D eigenvalue weighted by atomic mass is 16.5. The molecule has 1 saturated heterocycles. The lowest BCUT2D eigenvalue weighted by Crippen LogP contribution is -2.36. The number of fused-ring (bicyclic) bond motifs is 1. The Morgan fingerprint density at radius 2 is 1.87 bits per heavy atom. The lowest BCUT2D eigenvalue weighted by Gasteiger charge is -2.29. The summed E-state index contributed by atoms with van der Waals surface area (Å²) in [5, 5.41) is 8.08. The SMILES string of the molecule is COc1cccc(-c2cc(N3CCOCC3)nc3c(-c4ccn[nH]4)nccc23)c1OC. The summed E-state index contributed by atoms with van der Waals surface area (Å²) in [4.78, 5) is 11.9. The van der Waals surface area contributed by atoms with Crippen molar-refractivity contribution in [2.75, 3.05) is 45.4 Å². The van der Waals surface area contributed by atoms with Crippen LogP contribution < -0.4 is 14.4 Å². The minimum Gasteiger partial charge on any atom is -0.493 e. The monoisotopic (exact) mass is 417 g/mol. The molecule has 158 valence electrons. The topological polar surface area (TPSA) is 85.4 Å². The zero-order valence-electron chi connectivity index (χ0n) is 17.5. The number of pyridine rings is 2. The summed E-state index contributed by atoms with van der Waals surface area (Å²) in [5.74, 6) is 2.25. The summed E-state index contributed by atoms with van der Waals surface area (Å²) >= 11 is 0. The van der Waals surface area contributed by atoms with Crippen LogP contribution in [0.25, 0.3) is 33.4 Å². The van der Waals surface area contributed by atoms with Crippen LogP contribution in [0, 0.1) is 0 Å². The Morgan fingerprint density at radius 3 is 2.61 bits per heavy atom. The number of hydrogen-bond acceptors (Lipinski definition) is 7. The van der Waals surface area contributed by atoms with Gasteiger partial charge in [0.1, 0.15) is 17.0 Å². The number of hydrogen-bond donors (Lipinski definition) is 1. The molecular weight excluding hydrogens is 394 g/mol. The van der Waals surface area contributed by atoms with Crippen molar-refractivity contribution in [2.45, 2.75) is 0 Å². The minimum atomic E-state index is 0.679. The van der Waals surface area contributed by atoms with E-state index in [1.807, 2.05) is 30.3 Å². The lowest BCUT2D eigenvalue weighted by molar-refractivity contribution is 0.122. The molecule has 1 aliphatic heterocycles. The fraction of sp³-hybridized carbons (Fsp3) is 0.261. The second-order valence-corrected chi connectivity index (χ2v) is 7.19. The van der Waals surface area contributed by atoms with Crippen molar-refractivity contribution >= 4 is 16.7 Å². The van der Waals surface area contributed by atoms with Gasteiger partial charge in [0.15, 0.2) is 11.5 Å². The highest BCUT2D eigenvalue weighted by Gasteiger charge is 2.21. The van der Waals surface area contributed by atoms with Crippen molar-refractivity contribution in [2.24, 2.45) is 0 Å². The third-order valence-electron chi connectivity index (χ3n) is 5.50. The van der Waals surface area contributed by atoms with Gasteiger partial charge >= 0.3 is 0 Å². The van der Waals surface area contributed by atoms with Crippen molar-refractivity contribution in [3.8, 4) is 34.0 Å². The summed E-state index contributed by atoms with van der Waals surface area (Å²) in [5.41, 5.74) is 4.32. The van der Waals surface area contributed by atoms with Gasteiger partial charge < -0.3 is 19.1 Å². The van der Waals surface area contributed by atoms with Crippen LogP contribution in [0.3, 0.4) is 0 Å². The number of rotatable bonds is 5.